The van der Waals surface area contributed by atoms with Gasteiger partial charge in [0.05, 0.1) is 0 Å². The summed E-state index contributed by atoms with van der Waals surface area (Å²) in [6.45, 7) is 3.09. The van der Waals surface area contributed by atoms with E-state index in [0.29, 0.717) is 5.02 Å². The van der Waals surface area contributed by atoms with Gasteiger partial charge in [0.25, 0.3) is 6.43 Å². The zero-order valence-electron chi connectivity index (χ0n) is 11.7. The van der Waals surface area contributed by atoms with Crippen molar-refractivity contribution in [1.82, 2.24) is 4.31 Å². The van der Waals surface area contributed by atoms with Crippen molar-refractivity contribution in [3.8, 4) is 0 Å². The van der Waals surface area contributed by atoms with Crippen molar-refractivity contribution in [3.05, 3.63) is 29.3 Å². The molecule has 116 valence electrons. The highest BCUT2D eigenvalue weighted by molar-refractivity contribution is 7.97. The maximum atomic E-state index is 12.6. The van der Waals surface area contributed by atoms with Crippen LogP contribution >= 0.6 is 23.5 Å². The monoisotopic (exact) mass is 336 g/mol. The van der Waals surface area contributed by atoms with Crippen molar-refractivity contribution in [2.75, 3.05) is 7.05 Å². The molecule has 0 aromatic heterocycles. The van der Waals surface area contributed by atoms with Gasteiger partial charge in [-0.2, -0.15) is 0 Å². The molecule has 0 spiro atoms. The van der Waals surface area contributed by atoms with Gasteiger partial charge >= 0.3 is 6.09 Å². The van der Waals surface area contributed by atoms with Crippen LogP contribution in [0.3, 0.4) is 0 Å². The number of nitrogens with zero attached hydrogens (tertiary/aromatic N) is 2. The molecule has 1 rings (SSSR count). The third-order valence-corrected chi connectivity index (χ3v) is 3.52. The minimum absolute atomic E-state index is 0.465. The fourth-order valence-electron chi connectivity index (χ4n) is 1.24. The molecule has 0 saturated heterocycles. The van der Waals surface area contributed by atoms with Gasteiger partial charge in [0.2, 0.25) is 0 Å². The second-order valence-corrected chi connectivity index (χ2v) is 6.01. The molecular formula is C13H15ClF2N2O2S. The lowest BCUT2D eigenvalue weighted by atomic mass is 10.1. The molecule has 21 heavy (non-hydrogen) atoms. The third kappa shape index (κ3) is 5.89. The van der Waals surface area contributed by atoms with Gasteiger partial charge in [-0.25, -0.2) is 17.9 Å². The average molecular weight is 337 g/mol. The van der Waals surface area contributed by atoms with Gasteiger partial charge in [0, 0.05) is 22.9 Å². The van der Waals surface area contributed by atoms with E-state index in [9.17, 15) is 13.6 Å². The highest BCUT2D eigenvalue weighted by atomic mass is 35.5. The summed E-state index contributed by atoms with van der Waals surface area (Å²) in [5, 5.41) is 3.82. The predicted molar refractivity (Wildman–Crippen MR) is 79.8 cm³/mol. The molecule has 0 aliphatic rings. The van der Waals surface area contributed by atoms with E-state index >= 15 is 0 Å². The van der Waals surface area contributed by atoms with E-state index in [1.165, 1.54) is 7.05 Å². The molecule has 8 heteroatoms. The maximum Gasteiger partial charge on any atom is 0.446 e. The van der Waals surface area contributed by atoms with E-state index in [1.54, 1.807) is 38.1 Å². The standard InChI is InChI=1S/C13H15ClF2N2O2S/c1-8(2)11(12(15)16)17-20-13(19)18(3)21-10-6-4-9(14)5-7-10/h4-8,12H,1-3H3. The first-order valence-corrected chi connectivity index (χ1v) is 7.20. The van der Waals surface area contributed by atoms with Crippen molar-refractivity contribution < 1.29 is 18.4 Å². The van der Waals surface area contributed by atoms with Crippen LogP contribution in [0.2, 0.25) is 5.02 Å². The number of hydrogen-bond acceptors (Lipinski definition) is 4. The maximum absolute atomic E-state index is 12.6. The summed E-state index contributed by atoms with van der Waals surface area (Å²) in [6.07, 6.45) is -3.60. The lowest BCUT2D eigenvalue weighted by molar-refractivity contribution is 0.131. The molecule has 1 aromatic carbocycles. The number of alkyl halides is 2. The SMILES string of the molecule is CC(C)C(=NOC(=O)N(C)Sc1ccc(Cl)cc1)C(F)F. The Kier molecular flexibility index (Phi) is 6.91. The van der Waals surface area contributed by atoms with E-state index in [1.807, 2.05) is 0 Å². The Hall–Kier alpha value is -1.34. The van der Waals surface area contributed by atoms with E-state index < -0.39 is 24.1 Å². The van der Waals surface area contributed by atoms with Crippen molar-refractivity contribution in [1.29, 1.82) is 0 Å². The van der Waals surface area contributed by atoms with Gasteiger partial charge in [-0.15, -0.1) is 0 Å². The number of amides is 1. The van der Waals surface area contributed by atoms with Gasteiger partial charge in [-0.05, 0) is 36.2 Å². The Morgan fingerprint density at radius 3 is 2.38 bits per heavy atom. The average Bonchev–Trinajstić information content (AvgIpc) is 2.40. The van der Waals surface area contributed by atoms with Gasteiger partial charge in [0.1, 0.15) is 5.71 Å². The zero-order valence-corrected chi connectivity index (χ0v) is 13.3. The fraction of sp³-hybridized carbons (Fsp3) is 0.385. The van der Waals surface area contributed by atoms with Crippen LogP contribution in [-0.2, 0) is 4.84 Å². The van der Waals surface area contributed by atoms with Crippen molar-refractivity contribution in [3.63, 3.8) is 0 Å². The molecule has 0 heterocycles. The van der Waals surface area contributed by atoms with Crippen LogP contribution < -0.4 is 0 Å². The van der Waals surface area contributed by atoms with Crippen LogP contribution in [0.1, 0.15) is 13.8 Å². The topological polar surface area (TPSA) is 41.9 Å². The summed E-state index contributed by atoms with van der Waals surface area (Å²) < 4.78 is 26.4. The molecule has 0 aliphatic heterocycles. The largest absolute Gasteiger partial charge is 0.446 e. The third-order valence-electron chi connectivity index (χ3n) is 2.36. The Bertz CT molecular complexity index is 499. The summed E-state index contributed by atoms with van der Waals surface area (Å²) in [5.41, 5.74) is -0.465. The molecular weight excluding hydrogens is 322 g/mol. The number of rotatable bonds is 5. The summed E-state index contributed by atoms with van der Waals surface area (Å²) in [5.74, 6) is -0.507. The molecule has 0 radical (unpaired) electrons. The fourth-order valence-corrected chi connectivity index (χ4v) is 2.05. The van der Waals surface area contributed by atoms with Gasteiger partial charge < -0.3 is 0 Å². The lowest BCUT2D eigenvalue weighted by Crippen LogP contribution is -2.22. The first-order chi connectivity index (χ1) is 9.81. The first-order valence-electron chi connectivity index (χ1n) is 6.05. The highest BCUT2D eigenvalue weighted by Gasteiger charge is 2.20. The second-order valence-electron chi connectivity index (χ2n) is 4.37. The van der Waals surface area contributed by atoms with E-state index in [-0.39, 0.29) is 0 Å². The molecule has 0 aliphatic carbocycles. The summed E-state index contributed by atoms with van der Waals surface area (Å²) >= 11 is 6.82. The van der Waals surface area contributed by atoms with Crippen molar-refractivity contribution in [2.24, 2.45) is 11.1 Å². The summed E-state index contributed by atoms with van der Waals surface area (Å²) in [4.78, 5) is 17.0. The smallest absolute Gasteiger partial charge is 0.297 e. The van der Waals surface area contributed by atoms with E-state index in [4.69, 9.17) is 11.6 Å². The van der Waals surface area contributed by atoms with Gasteiger partial charge in [-0.3, -0.25) is 4.84 Å². The van der Waals surface area contributed by atoms with Crippen LogP contribution in [0.25, 0.3) is 0 Å². The summed E-state index contributed by atoms with van der Waals surface area (Å²) in [6, 6.07) is 6.79. The molecule has 4 nitrogen and oxygen atoms in total. The Morgan fingerprint density at radius 2 is 1.90 bits per heavy atom. The highest BCUT2D eigenvalue weighted by Crippen LogP contribution is 2.23. The van der Waals surface area contributed by atoms with E-state index in [0.717, 1.165) is 21.1 Å². The second kappa shape index (κ2) is 8.19. The van der Waals surface area contributed by atoms with E-state index in [2.05, 4.69) is 9.99 Å². The Labute approximate surface area is 131 Å². The van der Waals surface area contributed by atoms with Crippen LogP contribution in [0.15, 0.2) is 34.3 Å². The molecule has 0 saturated carbocycles. The molecule has 0 fully saturated rings. The number of benzene rings is 1. The number of oxime groups is 1. The first kappa shape index (κ1) is 17.7. The minimum Gasteiger partial charge on any atom is -0.297 e. The normalized spacial score (nSPS) is 11.9. The van der Waals surface area contributed by atoms with Crippen molar-refractivity contribution in [2.45, 2.75) is 25.2 Å². The zero-order chi connectivity index (χ0) is 16.0. The number of carbonyl (C=O) groups is 1. The lowest BCUT2D eigenvalue weighted by Gasteiger charge is -2.14. The minimum atomic E-state index is -2.76. The van der Waals surface area contributed by atoms with Crippen LogP contribution in [-0.4, -0.2) is 29.6 Å². The van der Waals surface area contributed by atoms with Crippen LogP contribution in [0.5, 0.6) is 0 Å². The molecule has 0 bridgehead atoms. The molecule has 0 unspecified atom stereocenters. The molecule has 1 amide bonds. The quantitative estimate of drug-likeness (QED) is 0.339. The predicted octanol–water partition coefficient (Wildman–Crippen LogP) is 4.69. The van der Waals surface area contributed by atoms with Gasteiger partial charge in [0.15, 0.2) is 0 Å². The molecule has 0 atom stereocenters. The van der Waals surface area contributed by atoms with Crippen molar-refractivity contribution >= 4 is 35.4 Å². The Balaban J connectivity index is 2.62. The van der Waals surface area contributed by atoms with Crippen LogP contribution in [0, 0.1) is 5.92 Å². The van der Waals surface area contributed by atoms with Crippen LogP contribution in [0.4, 0.5) is 13.6 Å². The summed E-state index contributed by atoms with van der Waals surface area (Å²) in [7, 11) is 1.45. The number of hydrogen-bond donors (Lipinski definition) is 0. The number of halogens is 3. The van der Waals surface area contributed by atoms with Gasteiger partial charge in [-0.1, -0.05) is 30.6 Å². The molecule has 1 aromatic rings. The Morgan fingerprint density at radius 1 is 1.33 bits per heavy atom. The molecule has 0 N–H and O–H groups in total. The number of carbonyl (C=O) groups excluding carboxylic acids is 1.